The van der Waals surface area contributed by atoms with Gasteiger partial charge in [-0.1, -0.05) is 0 Å². The molecule has 0 amide bonds. The number of anilines is 2. The second-order valence-electron chi connectivity index (χ2n) is 7.68. The topological polar surface area (TPSA) is 120 Å². The molecule has 2 heterocycles. The van der Waals surface area contributed by atoms with Crippen LogP contribution in [-0.4, -0.2) is 45.7 Å². The van der Waals surface area contributed by atoms with Crippen molar-refractivity contribution in [3.05, 3.63) is 42.2 Å². The van der Waals surface area contributed by atoms with Crippen LogP contribution in [0.4, 0.5) is 11.5 Å². The first-order valence-corrected chi connectivity index (χ1v) is 12.0. The number of primary sulfonamides is 1. The van der Waals surface area contributed by atoms with E-state index in [0.29, 0.717) is 29.4 Å². The van der Waals surface area contributed by atoms with Gasteiger partial charge in [-0.05, 0) is 49.1 Å². The first kappa shape index (κ1) is 22.1. The number of piperidine rings is 1. The van der Waals surface area contributed by atoms with E-state index in [9.17, 15) is 8.42 Å². The molecule has 1 aromatic heterocycles. The van der Waals surface area contributed by atoms with Gasteiger partial charge in [0.05, 0.1) is 24.6 Å². The highest BCUT2D eigenvalue weighted by Crippen LogP contribution is 2.34. The molecule has 3 N–H and O–H groups in total. The number of aromatic nitrogens is 2. The number of methoxy groups -OCH3 is 2. The molecule has 0 bridgehead atoms. The molecule has 2 aromatic carbocycles. The van der Waals surface area contributed by atoms with Gasteiger partial charge in [0.1, 0.15) is 12.1 Å². The molecule has 1 saturated heterocycles. The highest BCUT2D eigenvalue weighted by atomic mass is 32.2. The zero-order valence-corrected chi connectivity index (χ0v) is 19.0. The quantitative estimate of drug-likeness (QED) is 0.556. The third kappa shape index (κ3) is 4.56. The van der Waals surface area contributed by atoms with Crippen LogP contribution in [0.25, 0.3) is 10.9 Å². The molecule has 0 radical (unpaired) electrons. The van der Waals surface area contributed by atoms with Crippen molar-refractivity contribution in [3.8, 4) is 11.5 Å². The Morgan fingerprint density at radius 1 is 1.03 bits per heavy atom. The number of nitrogens with two attached hydrogens (primary N) is 1. The molecule has 1 fully saturated rings. The molecular weight excluding hydrogens is 430 g/mol. The number of nitrogens with one attached hydrogen (secondary N) is 1. The third-order valence-corrected chi connectivity index (χ3v) is 6.57. The Bertz CT molecular complexity index is 1230. The first-order valence-electron chi connectivity index (χ1n) is 10.4. The maximum Gasteiger partial charge on any atom is 0.238 e. The number of benzene rings is 2. The van der Waals surface area contributed by atoms with Gasteiger partial charge in [0.15, 0.2) is 11.5 Å². The van der Waals surface area contributed by atoms with E-state index in [1.54, 1.807) is 32.4 Å². The van der Waals surface area contributed by atoms with Crippen LogP contribution in [0, 0.1) is 0 Å². The maximum absolute atomic E-state index is 12.0. The minimum absolute atomic E-state index is 0.0917. The van der Waals surface area contributed by atoms with E-state index >= 15 is 0 Å². The number of rotatable bonds is 7. The van der Waals surface area contributed by atoms with Crippen molar-refractivity contribution in [1.29, 1.82) is 0 Å². The summed E-state index contributed by atoms with van der Waals surface area (Å²) < 4.78 is 34.7. The fraction of sp³-hybridized carbons (Fsp3) is 0.364. The molecule has 0 aliphatic carbocycles. The number of sulfonamides is 1. The molecule has 0 unspecified atom stereocenters. The zero-order valence-electron chi connectivity index (χ0n) is 18.2. The van der Waals surface area contributed by atoms with Crippen molar-refractivity contribution in [2.24, 2.45) is 5.14 Å². The van der Waals surface area contributed by atoms with Crippen LogP contribution in [0.15, 0.2) is 41.6 Å². The Kier molecular flexibility index (Phi) is 6.33. The lowest BCUT2D eigenvalue weighted by molar-refractivity contribution is 0.356. The number of hydrogen-bond donors (Lipinski definition) is 2. The summed E-state index contributed by atoms with van der Waals surface area (Å²) in [7, 11) is -0.662. The van der Waals surface area contributed by atoms with Crippen molar-refractivity contribution >= 4 is 32.4 Å². The van der Waals surface area contributed by atoms with E-state index in [4.69, 9.17) is 14.6 Å². The maximum atomic E-state index is 12.0. The standard InChI is InChI=1S/C22H27N5O4S/c1-30-20-11-17-18(12-21(20)31-2)25-14-26-22(17)24-13-15-10-16(32(23,28)29)6-7-19(15)27-8-4-3-5-9-27/h6-7,10-12,14H,3-5,8-9,13H2,1-2H3,(H2,23,28,29)(H,24,25,26). The second kappa shape index (κ2) is 9.17. The lowest BCUT2D eigenvalue weighted by atomic mass is 10.1. The van der Waals surface area contributed by atoms with Crippen molar-refractivity contribution in [1.82, 2.24) is 9.97 Å². The minimum atomic E-state index is -3.81. The Labute approximate surface area is 187 Å². The molecule has 0 spiro atoms. The fourth-order valence-corrected chi connectivity index (χ4v) is 4.59. The molecule has 9 nitrogen and oxygen atoms in total. The average Bonchev–Trinajstić information content (AvgIpc) is 2.81. The van der Waals surface area contributed by atoms with E-state index in [1.807, 2.05) is 12.1 Å². The van der Waals surface area contributed by atoms with Gasteiger partial charge in [0.2, 0.25) is 10.0 Å². The fourth-order valence-electron chi connectivity index (χ4n) is 4.03. The molecule has 4 rings (SSSR count). The molecule has 1 aliphatic heterocycles. The molecule has 0 atom stereocenters. The van der Waals surface area contributed by atoms with Gasteiger partial charge in [0.25, 0.3) is 0 Å². The zero-order chi connectivity index (χ0) is 22.7. The van der Waals surface area contributed by atoms with Crippen LogP contribution in [0.3, 0.4) is 0 Å². The summed E-state index contributed by atoms with van der Waals surface area (Å²) in [5.74, 6) is 1.77. The SMILES string of the molecule is COc1cc2ncnc(NCc3cc(S(N)(=O)=O)ccc3N3CCCCC3)c2cc1OC. The Balaban J connectivity index is 1.70. The van der Waals surface area contributed by atoms with Gasteiger partial charge in [-0.3, -0.25) is 0 Å². The van der Waals surface area contributed by atoms with Crippen LogP contribution in [0.2, 0.25) is 0 Å². The van der Waals surface area contributed by atoms with E-state index in [0.717, 1.165) is 42.6 Å². The van der Waals surface area contributed by atoms with Crippen LogP contribution in [0.5, 0.6) is 11.5 Å². The van der Waals surface area contributed by atoms with Gasteiger partial charge >= 0.3 is 0 Å². The Hall–Kier alpha value is -3.11. The van der Waals surface area contributed by atoms with Gasteiger partial charge in [-0.15, -0.1) is 0 Å². The van der Waals surface area contributed by atoms with Crippen molar-refractivity contribution in [2.45, 2.75) is 30.7 Å². The van der Waals surface area contributed by atoms with Crippen LogP contribution >= 0.6 is 0 Å². The molecule has 3 aromatic rings. The lowest BCUT2D eigenvalue weighted by Crippen LogP contribution is -2.30. The predicted molar refractivity (Wildman–Crippen MR) is 124 cm³/mol. The van der Waals surface area contributed by atoms with Crippen LogP contribution in [-0.2, 0) is 16.6 Å². The summed E-state index contributed by atoms with van der Waals surface area (Å²) >= 11 is 0. The lowest BCUT2D eigenvalue weighted by Gasteiger charge is -2.31. The van der Waals surface area contributed by atoms with Gasteiger partial charge in [-0.2, -0.15) is 0 Å². The summed E-state index contributed by atoms with van der Waals surface area (Å²) in [6.45, 7) is 2.25. The summed E-state index contributed by atoms with van der Waals surface area (Å²) in [6.07, 6.45) is 4.91. The van der Waals surface area contributed by atoms with E-state index in [1.165, 1.54) is 12.7 Å². The van der Waals surface area contributed by atoms with E-state index in [-0.39, 0.29) is 4.90 Å². The van der Waals surface area contributed by atoms with Crippen LogP contribution in [0.1, 0.15) is 24.8 Å². The second-order valence-corrected chi connectivity index (χ2v) is 9.24. The number of nitrogens with zero attached hydrogens (tertiary/aromatic N) is 3. The Morgan fingerprint density at radius 2 is 1.75 bits per heavy atom. The summed E-state index contributed by atoms with van der Waals surface area (Å²) in [6, 6.07) is 8.66. The van der Waals surface area contributed by atoms with Crippen molar-refractivity contribution in [3.63, 3.8) is 0 Å². The molecule has 10 heteroatoms. The number of fused-ring (bicyclic) bond motifs is 1. The first-order chi connectivity index (χ1) is 15.4. The summed E-state index contributed by atoms with van der Waals surface area (Å²) in [5, 5.41) is 9.50. The molecule has 1 aliphatic rings. The molecule has 170 valence electrons. The smallest absolute Gasteiger partial charge is 0.238 e. The van der Waals surface area contributed by atoms with Crippen molar-refractivity contribution < 1.29 is 17.9 Å². The highest BCUT2D eigenvalue weighted by molar-refractivity contribution is 7.89. The van der Waals surface area contributed by atoms with E-state index in [2.05, 4.69) is 20.2 Å². The number of hydrogen-bond acceptors (Lipinski definition) is 8. The molecule has 0 saturated carbocycles. The van der Waals surface area contributed by atoms with Crippen LogP contribution < -0.4 is 24.8 Å². The molecular formula is C22H27N5O4S. The van der Waals surface area contributed by atoms with E-state index < -0.39 is 10.0 Å². The van der Waals surface area contributed by atoms with Gasteiger partial charge in [-0.25, -0.2) is 23.5 Å². The minimum Gasteiger partial charge on any atom is -0.493 e. The largest absolute Gasteiger partial charge is 0.493 e. The predicted octanol–water partition coefficient (Wildman–Crippen LogP) is 2.90. The summed E-state index contributed by atoms with van der Waals surface area (Å²) in [5.41, 5.74) is 2.54. The number of ether oxygens (including phenoxy) is 2. The normalized spacial score (nSPS) is 14.4. The highest BCUT2D eigenvalue weighted by Gasteiger charge is 2.18. The monoisotopic (exact) mass is 457 g/mol. The van der Waals surface area contributed by atoms with Crippen molar-refractivity contribution in [2.75, 3.05) is 37.5 Å². The van der Waals surface area contributed by atoms with Gasteiger partial charge < -0.3 is 19.7 Å². The summed E-state index contributed by atoms with van der Waals surface area (Å²) in [4.78, 5) is 11.1. The Morgan fingerprint density at radius 3 is 2.44 bits per heavy atom. The third-order valence-electron chi connectivity index (χ3n) is 5.66. The average molecular weight is 458 g/mol. The molecule has 32 heavy (non-hydrogen) atoms. The van der Waals surface area contributed by atoms with Gasteiger partial charge in [0, 0.05) is 36.8 Å².